The minimum absolute atomic E-state index is 0.0879. The number of pyridine rings is 1. The fourth-order valence-electron chi connectivity index (χ4n) is 3.49. The van der Waals surface area contributed by atoms with Gasteiger partial charge in [-0.2, -0.15) is 0 Å². The Labute approximate surface area is 163 Å². The molecule has 0 spiro atoms. The van der Waals surface area contributed by atoms with Crippen LogP contribution in [0.5, 0.6) is 0 Å². The van der Waals surface area contributed by atoms with E-state index in [0.29, 0.717) is 12.3 Å². The Morgan fingerprint density at radius 1 is 1.30 bits per heavy atom. The molecule has 0 unspecified atom stereocenters. The van der Waals surface area contributed by atoms with Gasteiger partial charge in [-0.3, -0.25) is 19.5 Å². The number of amides is 1. The molecule has 2 rings (SSSR count). The fourth-order valence-corrected chi connectivity index (χ4v) is 3.49. The van der Waals surface area contributed by atoms with Gasteiger partial charge in [0, 0.05) is 30.3 Å². The number of rotatable bonds is 8. The Hall–Kier alpha value is -2.01. The number of nitrogens with one attached hydrogen (secondary N) is 1. The zero-order chi connectivity index (χ0) is 19.9. The van der Waals surface area contributed by atoms with E-state index in [1.807, 2.05) is 6.20 Å². The Morgan fingerprint density at radius 3 is 2.56 bits per heavy atom. The maximum atomic E-state index is 11.6. The van der Waals surface area contributed by atoms with E-state index < -0.39 is 5.91 Å². The van der Waals surface area contributed by atoms with Crippen molar-refractivity contribution in [2.24, 2.45) is 5.92 Å². The quantitative estimate of drug-likeness (QED) is 0.710. The van der Waals surface area contributed by atoms with Gasteiger partial charge in [-0.25, -0.2) is 0 Å². The van der Waals surface area contributed by atoms with Gasteiger partial charge in [0.15, 0.2) is 0 Å². The van der Waals surface area contributed by atoms with Crippen molar-refractivity contribution in [3.05, 3.63) is 42.4 Å². The maximum Gasteiger partial charge on any atom is 0.291 e. The monoisotopic (exact) mass is 371 g/mol. The normalized spacial score (nSPS) is 16.1. The van der Waals surface area contributed by atoms with E-state index in [9.17, 15) is 9.59 Å². The Bertz CT molecular complexity index is 639. The summed E-state index contributed by atoms with van der Waals surface area (Å²) in [4.78, 5) is 30.1. The predicted molar refractivity (Wildman–Crippen MR) is 108 cm³/mol. The van der Waals surface area contributed by atoms with Crippen LogP contribution in [0.3, 0.4) is 0 Å². The smallest absolute Gasteiger partial charge is 0.291 e. The fraction of sp³-hybridized carbons (Fsp3) is 0.591. The lowest BCUT2D eigenvalue weighted by molar-refractivity contribution is -0.137. The van der Waals surface area contributed by atoms with E-state index in [1.54, 1.807) is 0 Å². The number of carbonyl (C=O) groups is 2. The molecule has 2 heterocycles. The topological polar surface area (TPSA) is 62.3 Å². The zero-order valence-electron chi connectivity index (χ0n) is 17.0. The third-order valence-corrected chi connectivity index (χ3v) is 5.21. The summed E-state index contributed by atoms with van der Waals surface area (Å²) in [5.41, 5.74) is 2.48. The van der Waals surface area contributed by atoms with E-state index in [0.717, 1.165) is 51.0 Å². The Morgan fingerprint density at radius 2 is 2.00 bits per heavy atom. The maximum absolute atomic E-state index is 11.6. The molecule has 0 aromatic carbocycles. The second kappa shape index (κ2) is 9.79. The highest BCUT2D eigenvalue weighted by Crippen LogP contribution is 2.24. The van der Waals surface area contributed by atoms with Gasteiger partial charge in [0.2, 0.25) is 5.78 Å². The van der Waals surface area contributed by atoms with Crippen molar-refractivity contribution in [2.75, 3.05) is 13.1 Å². The molecule has 0 bridgehead atoms. The van der Waals surface area contributed by atoms with E-state index in [-0.39, 0.29) is 11.2 Å². The molecule has 0 atom stereocenters. The summed E-state index contributed by atoms with van der Waals surface area (Å²) in [5, 5.41) is 2.34. The average molecular weight is 372 g/mol. The lowest BCUT2D eigenvalue weighted by Gasteiger charge is -2.32. The molecule has 27 heavy (non-hydrogen) atoms. The summed E-state index contributed by atoms with van der Waals surface area (Å²) < 4.78 is 0. The van der Waals surface area contributed by atoms with Crippen LogP contribution < -0.4 is 5.32 Å². The van der Waals surface area contributed by atoms with Crippen molar-refractivity contribution in [1.29, 1.82) is 0 Å². The number of nitrogens with zero attached hydrogens (tertiary/aromatic N) is 2. The molecule has 0 saturated carbocycles. The van der Waals surface area contributed by atoms with Crippen LogP contribution in [0.4, 0.5) is 0 Å². The summed E-state index contributed by atoms with van der Waals surface area (Å²) in [6.07, 6.45) is 7.69. The van der Waals surface area contributed by atoms with Crippen LogP contribution in [0, 0.1) is 5.92 Å². The summed E-state index contributed by atoms with van der Waals surface area (Å²) in [7, 11) is 0. The molecular formula is C22H33N3O2. The van der Waals surface area contributed by atoms with E-state index in [1.165, 1.54) is 11.8 Å². The molecule has 0 aliphatic carbocycles. The van der Waals surface area contributed by atoms with Gasteiger partial charge in [0.05, 0.1) is 0 Å². The highest BCUT2D eigenvalue weighted by atomic mass is 16.2. The molecule has 1 aromatic rings. The predicted octanol–water partition coefficient (Wildman–Crippen LogP) is 3.59. The van der Waals surface area contributed by atoms with Gasteiger partial charge >= 0.3 is 0 Å². The van der Waals surface area contributed by atoms with Crippen LogP contribution in [0.2, 0.25) is 0 Å². The third kappa shape index (κ3) is 6.90. The Kier molecular flexibility index (Phi) is 7.72. The van der Waals surface area contributed by atoms with Gasteiger partial charge in [0.25, 0.3) is 5.91 Å². The second-order valence-electron chi connectivity index (χ2n) is 8.51. The number of Topliss-reactive ketones (excluding diaryl/α,β-unsaturated/α-hetero) is 1. The van der Waals surface area contributed by atoms with Crippen LogP contribution in [-0.2, 0) is 21.5 Å². The largest absolute Gasteiger partial charge is 0.327 e. The number of likely N-dealkylation sites (tertiary alicyclic amines) is 1. The van der Waals surface area contributed by atoms with Crippen LogP contribution in [-0.4, -0.2) is 34.7 Å². The molecule has 1 aliphatic heterocycles. The van der Waals surface area contributed by atoms with Crippen molar-refractivity contribution < 1.29 is 9.59 Å². The number of aromatic nitrogens is 1. The summed E-state index contributed by atoms with van der Waals surface area (Å²) in [5.74, 6) is -0.248. The van der Waals surface area contributed by atoms with E-state index >= 15 is 0 Å². The van der Waals surface area contributed by atoms with E-state index in [4.69, 9.17) is 0 Å². The number of hydrogen-bond acceptors (Lipinski definition) is 4. The minimum atomic E-state index is -0.550. The second-order valence-corrected chi connectivity index (χ2v) is 8.51. The molecular weight excluding hydrogens is 338 g/mol. The molecule has 0 radical (unpaired) electrons. The van der Waals surface area contributed by atoms with Crippen LogP contribution >= 0.6 is 0 Å². The molecule has 1 N–H and O–H groups in total. The molecule has 1 fully saturated rings. The molecule has 148 valence electrons. The highest BCUT2D eigenvalue weighted by Gasteiger charge is 2.21. The summed E-state index contributed by atoms with van der Waals surface area (Å²) in [6.45, 7) is 13.0. The first-order chi connectivity index (χ1) is 12.8. The number of carbonyl (C=O) groups excluding carboxylic acids is 2. The standard InChI is InChI=1S/C22H33N3O2/c1-5-23-21(27)19(26)8-6-7-17-11-13-25(14-12-17)16-18-9-10-20(24-15-18)22(2,3)4/h5,9-10,15,17H,1,6-8,11-14,16H2,2-4H3,(H,23,27). The molecule has 5 heteroatoms. The summed E-state index contributed by atoms with van der Waals surface area (Å²) >= 11 is 0. The molecule has 1 saturated heterocycles. The van der Waals surface area contributed by atoms with Gasteiger partial charge < -0.3 is 5.32 Å². The van der Waals surface area contributed by atoms with Crippen molar-refractivity contribution in [2.45, 2.75) is 64.8 Å². The van der Waals surface area contributed by atoms with Gasteiger partial charge in [0.1, 0.15) is 0 Å². The van der Waals surface area contributed by atoms with Gasteiger partial charge in [-0.05, 0) is 62.5 Å². The van der Waals surface area contributed by atoms with E-state index in [2.05, 4.69) is 54.7 Å². The van der Waals surface area contributed by atoms with Gasteiger partial charge in [-0.1, -0.05) is 33.4 Å². The lowest BCUT2D eigenvalue weighted by Crippen LogP contribution is -2.33. The molecule has 1 amide bonds. The third-order valence-electron chi connectivity index (χ3n) is 5.21. The Balaban J connectivity index is 1.69. The van der Waals surface area contributed by atoms with Gasteiger partial charge in [-0.15, -0.1) is 0 Å². The number of piperidine rings is 1. The average Bonchev–Trinajstić information content (AvgIpc) is 2.63. The first kappa shape index (κ1) is 21.3. The number of ketones is 1. The highest BCUT2D eigenvalue weighted by molar-refractivity contribution is 6.36. The van der Waals surface area contributed by atoms with Crippen molar-refractivity contribution >= 4 is 11.7 Å². The summed E-state index contributed by atoms with van der Waals surface area (Å²) in [6, 6.07) is 4.33. The minimum Gasteiger partial charge on any atom is -0.327 e. The van der Waals surface area contributed by atoms with Crippen LogP contribution in [0.25, 0.3) is 0 Å². The number of hydrogen-bond donors (Lipinski definition) is 1. The van der Waals surface area contributed by atoms with Crippen LogP contribution in [0.15, 0.2) is 31.1 Å². The van der Waals surface area contributed by atoms with Crippen molar-refractivity contribution in [1.82, 2.24) is 15.2 Å². The van der Waals surface area contributed by atoms with Crippen molar-refractivity contribution in [3.63, 3.8) is 0 Å². The first-order valence-electron chi connectivity index (χ1n) is 9.92. The first-order valence-corrected chi connectivity index (χ1v) is 9.92. The molecule has 5 nitrogen and oxygen atoms in total. The zero-order valence-corrected chi connectivity index (χ0v) is 17.0. The molecule has 1 aromatic heterocycles. The van der Waals surface area contributed by atoms with Crippen LogP contribution in [0.1, 0.15) is 64.1 Å². The molecule has 1 aliphatic rings. The SMILES string of the molecule is C=CNC(=O)C(=O)CCCC1CCN(Cc2ccc(C(C)(C)C)nc2)CC1. The lowest BCUT2D eigenvalue weighted by atomic mass is 9.90. The van der Waals surface area contributed by atoms with Crippen molar-refractivity contribution in [3.8, 4) is 0 Å².